The fourth-order valence-corrected chi connectivity index (χ4v) is 4.96. The predicted molar refractivity (Wildman–Crippen MR) is 113 cm³/mol. The Kier molecular flexibility index (Phi) is 5.55. The van der Waals surface area contributed by atoms with Crippen LogP contribution in [0, 0.1) is 12.3 Å². The van der Waals surface area contributed by atoms with Crippen LogP contribution in [-0.4, -0.2) is 91.5 Å². The number of ether oxygens (including phenoxy) is 2. The van der Waals surface area contributed by atoms with Gasteiger partial charge in [0.25, 0.3) is 0 Å². The summed E-state index contributed by atoms with van der Waals surface area (Å²) in [5.41, 5.74) is 2.02. The van der Waals surface area contributed by atoms with Gasteiger partial charge in [0.2, 0.25) is 0 Å². The fourth-order valence-electron chi connectivity index (χ4n) is 4.96. The smallest absolute Gasteiger partial charge is 0.406 e. The van der Waals surface area contributed by atoms with E-state index in [4.69, 9.17) is 9.84 Å². The van der Waals surface area contributed by atoms with Gasteiger partial charge in [0.15, 0.2) is 5.82 Å². The van der Waals surface area contributed by atoms with Crippen LogP contribution in [-0.2, 0) is 4.74 Å². The van der Waals surface area contributed by atoms with Gasteiger partial charge < -0.3 is 19.3 Å². The van der Waals surface area contributed by atoms with Crippen molar-refractivity contribution in [2.45, 2.75) is 13.3 Å². The molecule has 3 fully saturated rings. The Morgan fingerprint density at radius 1 is 1.00 bits per heavy atom. The normalized spacial score (nSPS) is 21.4. The van der Waals surface area contributed by atoms with Crippen LogP contribution in [0.2, 0.25) is 0 Å². The second kappa shape index (κ2) is 8.24. The molecule has 0 amide bonds. The van der Waals surface area contributed by atoms with Gasteiger partial charge in [0.05, 0.1) is 18.9 Å². The number of aryl methyl sites for hydroxylation is 1. The number of alkyl halides is 3. The maximum absolute atomic E-state index is 12.4. The maximum Gasteiger partial charge on any atom is 0.573 e. The van der Waals surface area contributed by atoms with E-state index >= 15 is 0 Å². The van der Waals surface area contributed by atoms with Crippen molar-refractivity contribution >= 4 is 5.82 Å². The standard InChI is InChI=1S/C22H28F3N5O2/c1-17-12-20(26-30(17)18-2-4-19(5-3-18)32-22(23,24)25)29-15-21(16-29)13-28(14-21)7-6-27-8-10-31-11-9-27/h2-5,12H,6-11,13-16H2,1H3. The van der Waals surface area contributed by atoms with Crippen molar-refractivity contribution in [3.8, 4) is 11.4 Å². The molecule has 0 N–H and O–H groups in total. The first kappa shape index (κ1) is 21.5. The maximum atomic E-state index is 12.4. The van der Waals surface area contributed by atoms with Crippen LogP contribution in [0.4, 0.5) is 19.0 Å². The first-order valence-electron chi connectivity index (χ1n) is 11.0. The molecule has 3 aliphatic rings. The van der Waals surface area contributed by atoms with E-state index in [-0.39, 0.29) is 5.75 Å². The molecular weight excluding hydrogens is 423 g/mol. The molecule has 7 nitrogen and oxygen atoms in total. The van der Waals surface area contributed by atoms with Crippen molar-refractivity contribution in [3.63, 3.8) is 0 Å². The minimum atomic E-state index is -4.69. The van der Waals surface area contributed by atoms with E-state index in [9.17, 15) is 13.2 Å². The third-order valence-electron chi connectivity index (χ3n) is 6.52. The molecule has 1 aromatic heterocycles. The van der Waals surface area contributed by atoms with Crippen LogP contribution in [0.15, 0.2) is 30.3 Å². The third kappa shape index (κ3) is 4.57. The molecule has 3 aliphatic heterocycles. The minimum Gasteiger partial charge on any atom is -0.406 e. The Morgan fingerprint density at radius 2 is 1.66 bits per heavy atom. The van der Waals surface area contributed by atoms with Crippen molar-refractivity contribution in [2.24, 2.45) is 5.41 Å². The Morgan fingerprint density at radius 3 is 2.31 bits per heavy atom. The number of anilines is 1. The number of morpholine rings is 1. The molecule has 0 unspecified atom stereocenters. The SMILES string of the molecule is Cc1cc(N2CC3(CN(CCN4CCOCC4)C3)C2)nn1-c1ccc(OC(F)(F)F)cc1. The van der Waals surface area contributed by atoms with Gasteiger partial charge in [-0.3, -0.25) is 4.90 Å². The van der Waals surface area contributed by atoms with Gasteiger partial charge in [0.1, 0.15) is 5.75 Å². The van der Waals surface area contributed by atoms with E-state index in [0.717, 1.165) is 77.1 Å². The fraction of sp³-hybridized carbons (Fsp3) is 0.591. The average molecular weight is 451 g/mol. The molecule has 0 bridgehead atoms. The second-order valence-electron chi connectivity index (χ2n) is 9.12. The summed E-state index contributed by atoms with van der Waals surface area (Å²) >= 11 is 0. The van der Waals surface area contributed by atoms with E-state index in [2.05, 4.69) is 19.4 Å². The van der Waals surface area contributed by atoms with Crippen molar-refractivity contribution < 1.29 is 22.6 Å². The van der Waals surface area contributed by atoms with Crippen molar-refractivity contribution in [2.75, 3.05) is 70.5 Å². The van der Waals surface area contributed by atoms with Gasteiger partial charge in [-0.1, -0.05) is 0 Å². The van der Waals surface area contributed by atoms with E-state index in [1.54, 1.807) is 16.8 Å². The zero-order valence-electron chi connectivity index (χ0n) is 18.1. The zero-order chi connectivity index (χ0) is 22.3. The first-order valence-corrected chi connectivity index (χ1v) is 11.0. The molecule has 0 saturated carbocycles. The molecule has 0 aliphatic carbocycles. The Labute approximate surface area is 185 Å². The number of nitrogens with zero attached hydrogens (tertiary/aromatic N) is 5. The number of halogens is 3. The minimum absolute atomic E-state index is 0.237. The lowest BCUT2D eigenvalue weighted by Gasteiger charge is -2.60. The molecule has 5 rings (SSSR count). The topological polar surface area (TPSA) is 46.0 Å². The van der Waals surface area contributed by atoms with Gasteiger partial charge in [-0.15, -0.1) is 13.2 Å². The predicted octanol–water partition coefficient (Wildman–Crippen LogP) is 2.53. The molecule has 3 saturated heterocycles. The van der Waals surface area contributed by atoms with Crippen LogP contribution in [0.25, 0.3) is 5.69 Å². The quantitative estimate of drug-likeness (QED) is 0.673. The van der Waals surface area contributed by atoms with E-state index in [0.29, 0.717) is 11.1 Å². The molecule has 1 spiro atoms. The average Bonchev–Trinajstić information content (AvgIpc) is 3.07. The van der Waals surface area contributed by atoms with E-state index < -0.39 is 6.36 Å². The summed E-state index contributed by atoms with van der Waals surface area (Å²) in [7, 11) is 0. The number of rotatable bonds is 6. The number of aromatic nitrogens is 2. The zero-order valence-corrected chi connectivity index (χ0v) is 18.1. The van der Waals surface area contributed by atoms with Crippen LogP contribution in [0.1, 0.15) is 5.69 Å². The van der Waals surface area contributed by atoms with Crippen molar-refractivity contribution in [1.29, 1.82) is 0 Å². The van der Waals surface area contributed by atoms with Crippen LogP contribution in [0.3, 0.4) is 0 Å². The van der Waals surface area contributed by atoms with Crippen LogP contribution >= 0.6 is 0 Å². The van der Waals surface area contributed by atoms with Gasteiger partial charge >= 0.3 is 6.36 Å². The van der Waals surface area contributed by atoms with Crippen molar-refractivity contribution in [1.82, 2.24) is 19.6 Å². The monoisotopic (exact) mass is 451 g/mol. The molecule has 2 aromatic rings. The molecule has 174 valence electrons. The highest BCUT2D eigenvalue weighted by Crippen LogP contribution is 2.41. The Hall–Kier alpha value is -2.30. The second-order valence-corrected chi connectivity index (χ2v) is 9.12. The largest absolute Gasteiger partial charge is 0.573 e. The number of hydrogen-bond donors (Lipinski definition) is 0. The molecular formula is C22H28F3N5O2. The molecule has 0 radical (unpaired) electrons. The van der Waals surface area contributed by atoms with Gasteiger partial charge in [-0.2, -0.15) is 5.10 Å². The number of hydrogen-bond acceptors (Lipinski definition) is 6. The first-order chi connectivity index (χ1) is 15.3. The summed E-state index contributed by atoms with van der Waals surface area (Å²) < 4.78 is 48.2. The summed E-state index contributed by atoms with van der Waals surface area (Å²) in [4.78, 5) is 7.28. The summed E-state index contributed by atoms with van der Waals surface area (Å²) in [6, 6.07) is 7.81. The number of likely N-dealkylation sites (tertiary alicyclic amines) is 1. The summed E-state index contributed by atoms with van der Waals surface area (Å²) in [6.07, 6.45) is -4.69. The van der Waals surface area contributed by atoms with E-state index in [1.165, 1.54) is 12.1 Å². The van der Waals surface area contributed by atoms with Crippen LogP contribution < -0.4 is 9.64 Å². The highest BCUT2D eigenvalue weighted by molar-refractivity contribution is 5.48. The highest BCUT2D eigenvalue weighted by atomic mass is 19.4. The lowest BCUT2D eigenvalue weighted by Crippen LogP contribution is -2.72. The van der Waals surface area contributed by atoms with Gasteiger partial charge in [0, 0.05) is 69.5 Å². The highest BCUT2D eigenvalue weighted by Gasteiger charge is 2.52. The van der Waals surface area contributed by atoms with E-state index in [1.807, 2.05) is 13.0 Å². The Balaban J connectivity index is 1.13. The lowest BCUT2D eigenvalue weighted by molar-refractivity contribution is -0.274. The molecule has 32 heavy (non-hydrogen) atoms. The summed E-state index contributed by atoms with van der Waals surface area (Å²) in [5, 5.41) is 4.69. The number of benzene rings is 1. The Bertz CT molecular complexity index is 926. The van der Waals surface area contributed by atoms with Crippen molar-refractivity contribution in [3.05, 3.63) is 36.0 Å². The summed E-state index contributed by atoms with van der Waals surface area (Å²) in [6.45, 7) is 12.2. The molecule has 1 aromatic carbocycles. The van der Waals surface area contributed by atoms with Crippen LogP contribution in [0.5, 0.6) is 5.75 Å². The molecule has 4 heterocycles. The lowest BCUT2D eigenvalue weighted by atomic mass is 9.73. The molecule has 0 atom stereocenters. The van der Waals surface area contributed by atoms with Gasteiger partial charge in [-0.05, 0) is 31.2 Å². The molecule has 10 heteroatoms. The third-order valence-corrected chi connectivity index (χ3v) is 6.52. The van der Waals surface area contributed by atoms with Gasteiger partial charge in [-0.25, -0.2) is 4.68 Å². The summed E-state index contributed by atoms with van der Waals surface area (Å²) in [5.74, 6) is 0.676.